The predicted molar refractivity (Wildman–Crippen MR) is 65.3 cm³/mol. The van der Waals surface area contributed by atoms with Crippen molar-refractivity contribution in [3.63, 3.8) is 0 Å². The Balaban J connectivity index is 1.99. The molecule has 3 heteroatoms. The minimum atomic E-state index is 0.341. The number of carbonyl (C=O) groups excluding carboxylic acids is 1. The van der Waals surface area contributed by atoms with Crippen molar-refractivity contribution >= 4 is 5.91 Å². The molecule has 2 aliphatic rings. The Labute approximate surface area is 98.6 Å². The van der Waals surface area contributed by atoms with Gasteiger partial charge in [-0.05, 0) is 32.1 Å². The Morgan fingerprint density at radius 1 is 1.25 bits per heavy atom. The van der Waals surface area contributed by atoms with Crippen LogP contribution >= 0.6 is 0 Å². The number of nitrogens with zero attached hydrogens (tertiary/aromatic N) is 1. The number of hydrogen-bond donors (Lipinski definition) is 1. The van der Waals surface area contributed by atoms with Crippen LogP contribution in [-0.2, 0) is 4.79 Å². The van der Waals surface area contributed by atoms with Gasteiger partial charge in [-0.1, -0.05) is 13.8 Å². The molecule has 1 amide bonds. The number of hydrogen-bond acceptors (Lipinski definition) is 2. The van der Waals surface area contributed by atoms with E-state index in [4.69, 9.17) is 0 Å². The van der Waals surface area contributed by atoms with E-state index < -0.39 is 0 Å². The molecule has 0 aromatic rings. The lowest BCUT2D eigenvalue weighted by molar-refractivity contribution is -0.134. The lowest BCUT2D eigenvalue weighted by atomic mass is 9.97. The molecule has 0 aliphatic carbocycles. The summed E-state index contributed by atoms with van der Waals surface area (Å²) in [6.07, 6.45) is 6.68. The van der Waals surface area contributed by atoms with E-state index in [9.17, 15) is 4.79 Å². The van der Waals surface area contributed by atoms with Crippen LogP contribution in [0.1, 0.15) is 52.4 Å². The van der Waals surface area contributed by atoms with Gasteiger partial charge in [-0.25, -0.2) is 0 Å². The second-order valence-electron chi connectivity index (χ2n) is 5.20. The highest BCUT2D eigenvalue weighted by molar-refractivity contribution is 5.76. The van der Waals surface area contributed by atoms with Gasteiger partial charge in [-0.3, -0.25) is 4.79 Å². The highest BCUT2D eigenvalue weighted by Gasteiger charge is 2.36. The van der Waals surface area contributed by atoms with Crippen molar-refractivity contribution < 1.29 is 4.79 Å². The van der Waals surface area contributed by atoms with Crippen LogP contribution in [-0.4, -0.2) is 35.5 Å². The van der Waals surface area contributed by atoms with Gasteiger partial charge in [0, 0.05) is 31.1 Å². The molecule has 92 valence electrons. The number of carbonyl (C=O) groups is 1. The molecule has 2 fully saturated rings. The number of amides is 1. The molecule has 0 saturated carbocycles. The molecule has 3 nitrogen and oxygen atoms in total. The average Bonchev–Trinajstić information content (AvgIpc) is 2.64. The van der Waals surface area contributed by atoms with Crippen molar-refractivity contribution in [3.05, 3.63) is 0 Å². The van der Waals surface area contributed by atoms with Crippen LogP contribution in [0.3, 0.4) is 0 Å². The van der Waals surface area contributed by atoms with Crippen molar-refractivity contribution in [3.8, 4) is 0 Å². The quantitative estimate of drug-likeness (QED) is 0.791. The lowest BCUT2D eigenvalue weighted by Gasteiger charge is -2.37. The molecule has 2 bridgehead atoms. The third-order valence-corrected chi connectivity index (χ3v) is 3.98. The fourth-order valence-electron chi connectivity index (χ4n) is 3.24. The van der Waals surface area contributed by atoms with Crippen LogP contribution < -0.4 is 5.32 Å². The van der Waals surface area contributed by atoms with E-state index in [0.29, 0.717) is 30.5 Å². The van der Waals surface area contributed by atoms with Crippen molar-refractivity contribution in [2.45, 2.75) is 70.5 Å². The van der Waals surface area contributed by atoms with Gasteiger partial charge in [-0.15, -0.1) is 0 Å². The summed E-state index contributed by atoms with van der Waals surface area (Å²) >= 11 is 0. The normalized spacial score (nSPS) is 32.8. The Morgan fingerprint density at radius 3 is 2.38 bits per heavy atom. The number of rotatable bonds is 4. The lowest BCUT2D eigenvalue weighted by Crippen LogP contribution is -2.50. The zero-order valence-corrected chi connectivity index (χ0v) is 10.5. The Kier molecular flexibility index (Phi) is 3.85. The van der Waals surface area contributed by atoms with Gasteiger partial charge in [0.2, 0.25) is 5.91 Å². The molecular weight excluding hydrogens is 200 g/mol. The molecule has 0 aromatic carbocycles. The molecule has 2 atom stereocenters. The Morgan fingerprint density at radius 2 is 1.88 bits per heavy atom. The maximum Gasteiger partial charge on any atom is 0.222 e. The van der Waals surface area contributed by atoms with Crippen molar-refractivity contribution in [1.82, 2.24) is 10.2 Å². The summed E-state index contributed by atoms with van der Waals surface area (Å²) < 4.78 is 0. The van der Waals surface area contributed by atoms with E-state index in [0.717, 1.165) is 13.0 Å². The number of nitrogens with one attached hydrogen (secondary N) is 1. The molecule has 0 aromatic heterocycles. The van der Waals surface area contributed by atoms with Crippen molar-refractivity contribution in [2.75, 3.05) is 6.54 Å². The second-order valence-corrected chi connectivity index (χ2v) is 5.20. The first-order valence-corrected chi connectivity index (χ1v) is 6.80. The Hall–Kier alpha value is -0.570. The smallest absolute Gasteiger partial charge is 0.222 e. The molecule has 2 aliphatic heterocycles. The summed E-state index contributed by atoms with van der Waals surface area (Å²) in [6, 6.07) is 1.85. The van der Waals surface area contributed by atoms with E-state index in [1.54, 1.807) is 0 Å². The molecule has 2 unspecified atom stereocenters. The maximum atomic E-state index is 11.9. The molecule has 2 saturated heterocycles. The molecule has 2 rings (SSSR count). The van der Waals surface area contributed by atoms with Gasteiger partial charge >= 0.3 is 0 Å². The van der Waals surface area contributed by atoms with Crippen LogP contribution in [0.5, 0.6) is 0 Å². The zero-order chi connectivity index (χ0) is 11.5. The summed E-state index contributed by atoms with van der Waals surface area (Å²) in [4.78, 5) is 14.1. The van der Waals surface area contributed by atoms with Gasteiger partial charge in [-0.2, -0.15) is 0 Å². The minimum Gasteiger partial charge on any atom is -0.340 e. The van der Waals surface area contributed by atoms with Crippen LogP contribution in [0, 0.1) is 0 Å². The summed E-state index contributed by atoms with van der Waals surface area (Å²) in [5.74, 6) is 0.341. The zero-order valence-electron chi connectivity index (χ0n) is 10.5. The second kappa shape index (κ2) is 5.17. The van der Waals surface area contributed by atoms with Crippen LogP contribution in [0.2, 0.25) is 0 Å². The molecule has 1 N–H and O–H groups in total. The first-order chi connectivity index (χ1) is 7.74. The molecule has 2 heterocycles. The minimum absolute atomic E-state index is 0.341. The highest BCUT2D eigenvalue weighted by Crippen LogP contribution is 2.30. The third-order valence-electron chi connectivity index (χ3n) is 3.98. The summed E-state index contributed by atoms with van der Waals surface area (Å²) in [5.41, 5.74) is 0. The number of fused-ring (bicyclic) bond motifs is 2. The Bertz CT molecular complexity index is 242. The first kappa shape index (κ1) is 11.9. The fraction of sp³-hybridized carbons (Fsp3) is 0.923. The highest BCUT2D eigenvalue weighted by atomic mass is 16.2. The first-order valence-electron chi connectivity index (χ1n) is 6.80. The monoisotopic (exact) mass is 224 g/mol. The van der Waals surface area contributed by atoms with Gasteiger partial charge < -0.3 is 10.2 Å². The van der Waals surface area contributed by atoms with Crippen LogP contribution in [0.25, 0.3) is 0 Å². The maximum absolute atomic E-state index is 11.9. The van der Waals surface area contributed by atoms with Gasteiger partial charge in [0.15, 0.2) is 0 Å². The predicted octanol–water partition coefficient (Wildman–Crippen LogP) is 1.92. The average molecular weight is 224 g/mol. The summed E-state index contributed by atoms with van der Waals surface area (Å²) in [6.45, 7) is 5.07. The molecular formula is C13H24N2O. The topological polar surface area (TPSA) is 32.3 Å². The molecule has 16 heavy (non-hydrogen) atoms. The standard InChI is InChI=1S/C13H24N2O/c1-3-7-15(13(16)4-2)12-8-10-5-6-11(9-12)14-10/h10-12,14H,3-9H2,1-2H3. The van der Waals surface area contributed by atoms with E-state index in [-0.39, 0.29) is 0 Å². The van der Waals surface area contributed by atoms with Gasteiger partial charge in [0.05, 0.1) is 0 Å². The largest absolute Gasteiger partial charge is 0.340 e. The van der Waals surface area contributed by atoms with Crippen molar-refractivity contribution in [1.29, 1.82) is 0 Å². The third kappa shape index (κ3) is 2.40. The van der Waals surface area contributed by atoms with Crippen LogP contribution in [0.4, 0.5) is 0 Å². The van der Waals surface area contributed by atoms with E-state index in [2.05, 4.69) is 17.1 Å². The molecule has 0 radical (unpaired) electrons. The van der Waals surface area contributed by atoms with E-state index in [1.165, 1.54) is 25.7 Å². The van der Waals surface area contributed by atoms with E-state index in [1.807, 2.05) is 6.92 Å². The van der Waals surface area contributed by atoms with Gasteiger partial charge in [0.1, 0.15) is 0 Å². The van der Waals surface area contributed by atoms with E-state index >= 15 is 0 Å². The van der Waals surface area contributed by atoms with Crippen molar-refractivity contribution in [2.24, 2.45) is 0 Å². The SMILES string of the molecule is CCCN(C(=O)CC)C1CC2CCC(C1)N2. The van der Waals surface area contributed by atoms with Crippen LogP contribution in [0.15, 0.2) is 0 Å². The summed E-state index contributed by atoms with van der Waals surface area (Å²) in [5, 5.41) is 3.64. The summed E-state index contributed by atoms with van der Waals surface area (Å²) in [7, 11) is 0. The fourth-order valence-corrected chi connectivity index (χ4v) is 3.24. The molecule has 0 spiro atoms. The van der Waals surface area contributed by atoms with Gasteiger partial charge in [0.25, 0.3) is 0 Å². The number of piperidine rings is 1.